The molecule has 2 heteroatoms. The van der Waals surface area contributed by atoms with Gasteiger partial charge in [0.1, 0.15) is 8.07 Å². The topological polar surface area (TPSA) is 3.24 Å². The molecular weight excluding hydrogens is 763 g/mol. The Morgan fingerprint density at radius 1 is 0.387 bits per heavy atom. The van der Waals surface area contributed by atoms with E-state index in [1.54, 1.807) is 10.4 Å². The highest BCUT2D eigenvalue weighted by Gasteiger charge is 2.40. The zero-order chi connectivity index (χ0) is 43.4. The minimum atomic E-state index is -1.79. The molecule has 10 rings (SSSR count). The highest BCUT2D eigenvalue weighted by molar-refractivity contribution is 7.04. The molecule has 0 unspecified atom stereocenters. The monoisotopic (exact) mass is 825 g/mol. The van der Waals surface area contributed by atoms with Crippen molar-refractivity contribution < 1.29 is 0 Å². The van der Waals surface area contributed by atoms with Crippen molar-refractivity contribution in [3.8, 4) is 44.5 Å². The van der Waals surface area contributed by atoms with Gasteiger partial charge in [0.25, 0.3) is 0 Å². The summed E-state index contributed by atoms with van der Waals surface area (Å²) in [6.45, 7) is 24.4. The third-order valence-corrected chi connectivity index (χ3v) is 19.2. The lowest BCUT2D eigenvalue weighted by Crippen LogP contribution is -2.49. The van der Waals surface area contributed by atoms with Crippen molar-refractivity contribution in [3.63, 3.8) is 0 Å². The van der Waals surface area contributed by atoms with Crippen molar-refractivity contribution in [2.45, 2.75) is 116 Å². The van der Waals surface area contributed by atoms with Gasteiger partial charge >= 0.3 is 0 Å². The lowest BCUT2D eigenvalue weighted by atomic mass is 9.61. The molecule has 0 bridgehead atoms. The molecule has 7 aromatic carbocycles. The maximum absolute atomic E-state index is 2.51. The molecule has 1 aliphatic heterocycles. The van der Waals surface area contributed by atoms with Gasteiger partial charge in [-0.05, 0) is 149 Å². The Hall–Kier alpha value is -5.44. The molecule has 0 N–H and O–H groups in total. The maximum atomic E-state index is 2.51. The Morgan fingerprint density at radius 2 is 0.871 bits per heavy atom. The van der Waals surface area contributed by atoms with Gasteiger partial charge in [0.05, 0.1) is 5.69 Å². The standard InChI is InChI=1S/C60H63NSi/c1-57(2)35-36-59(5,6)51-39-42(29-34-49(51)57)45-17-11-13-22-52(45)61(44-32-27-41(28-33-44)47-20-15-21-50-56(47)60(7,8)38-37-58(50,3)4)43-30-25-40(26-31-43)46-19-16-24-54-55(46)48-18-12-14-23-53(48)62(54,9)10/h11-34,39H,35-38H2,1-10H3. The van der Waals surface area contributed by atoms with Crippen LogP contribution < -0.4 is 15.3 Å². The van der Waals surface area contributed by atoms with E-state index in [0.29, 0.717) is 0 Å². The summed E-state index contributed by atoms with van der Waals surface area (Å²) >= 11 is 0. The second kappa shape index (κ2) is 14.3. The van der Waals surface area contributed by atoms with Gasteiger partial charge < -0.3 is 4.90 Å². The molecule has 312 valence electrons. The first-order chi connectivity index (χ1) is 29.5. The smallest absolute Gasteiger partial charge is 0.113 e. The lowest BCUT2D eigenvalue weighted by molar-refractivity contribution is 0.332. The Morgan fingerprint density at radius 3 is 1.55 bits per heavy atom. The van der Waals surface area contributed by atoms with Gasteiger partial charge in [-0.1, -0.05) is 190 Å². The van der Waals surface area contributed by atoms with Gasteiger partial charge in [-0.2, -0.15) is 0 Å². The number of anilines is 3. The van der Waals surface area contributed by atoms with Gasteiger partial charge in [-0.3, -0.25) is 0 Å². The summed E-state index contributed by atoms with van der Waals surface area (Å²) in [4.78, 5) is 2.49. The zero-order valence-corrected chi connectivity index (χ0v) is 39.7. The molecule has 0 atom stereocenters. The summed E-state index contributed by atoms with van der Waals surface area (Å²) < 4.78 is 0. The average Bonchev–Trinajstić information content (AvgIpc) is 3.51. The third kappa shape index (κ3) is 6.47. The fourth-order valence-corrected chi connectivity index (χ4v) is 14.7. The van der Waals surface area contributed by atoms with E-state index in [4.69, 9.17) is 0 Å². The van der Waals surface area contributed by atoms with E-state index >= 15 is 0 Å². The summed E-state index contributed by atoms with van der Waals surface area (Å²) in [7, 11) is -1.79. The lowest BCUT2D eigenvalue weighted by Gasteiger charge is -2.43. The Balaban J connectivity index is 1.12. The summed E-state index contributed by atoms with van der Waals surface area (Å²) in [6, 6.07) is 58.4. The van der Waals surface area contributed by atoms with E-state index in [-0.39, 0.29) is 21.7 Å². The second-order valence-electron chi connectivity index (χ2n) is 21.9. The number of para-hydroxylation sites is 1. The molecule has 1 nitrogen and oxygen atoms in total. The number of benzene rings is 7. The van der Waals surface area contributed by atoms with Gasteiger partial charge in [0.15, 0.2) is 0 Å². The van der Waals surface area contributed by atoms with Crippen molar-refractivity contribution in [3.05, 3.63) is 174 Å². The normalized spacial score (nSPS) is 18.2. The molecule has 0 fully saturated rings. The van der Waals surface area contributed by atoms with Crippen LogP contribution in [0.15, 0.2) is 152 Å². The molecule has 0 spiro atoms. The molecule has 1 heterocycles. The van der Waals surface area contributed by atoms with Crippen LogP contribution in [0.25, 0.3) is 44.5 Å². The highest BCUT2D eigenvalue weighted by Crippen LogP contribution is 2.51. The van der Waals surface area contributed by atoms with Crippen LogP contribution in [0.3, 0.4) is 0 Å². The van der Waals surface area contributed by atoms with Gasteiger partial charge in [0.2, 0.25) is 0 Å². The summed E-state index contributed by atoms with van der Waals surface area (Å²) in [5, 5.41) is 3.09. The van der Waals surface area contributed by atoms with Crippen LogP contribution >= 0.6 is 0 Å². The fraction of sp³-hybridized carbons (Fsp3) is 0.300. The van der Waals surface area contributed by atoms with Crippen molar-refractivity contribution in [2.75, 3.05) is 4.90 Å². The predicted octanol–water partition coefficient (Wildman–Crippen LogP) is 15.7. The molecule has 0 amide bonds. The summed E-state index contributed by atoms with van der Waals surface area (Å²) in [5.74, 6) is 0. The van der Waals surface area contributed by atoms with E-state index in [2.05, 4.69) is 225 Å². The van der Waals surface area contributed by atoms with E-state index in [9.17, 15) is 0 Å². The number of fused-ring (bicyclic) bond motifs is 5. The van der Waals surface area contributed by atoms with E-state index in [0.717, 1.165) is 11.4 Å². The van der Waals surface area contributed by atoms with Crippen LogP contribution in [0.1, 0.15) is 103 Å². The van der Waals surface area contributed by atoms with E-state index in [1.165, 1.54) is 98.1 Å². The van der Waals surface area contributed by atoms with Crippen LogP contribution in [-0.2, 0) is 21.7 Å². The molecule has 62 heavy (non-hydrogen) atoms. The van der Waals surface area contributed by atoms with Crippen molar-refractivity contribution in [1.29, 1.82) is 0 Å². The molecular formula is C60H63NSi. The van der Waals surface area contributed by atoms with E-state index in [1.807, 2.05) is 0 Å². The largest absolute Gasteiger partial charge is 0.310 e. The van der Waals surface area contributed by atoms with Crippen LogP contribution in [0.2, 0.25) is 13.1 Å². The number of nitrogens with zero attached hydrogens (tertiary/aromatic N) is 1. The fourth-order valence-electron chi connectivity index (χ4n) is 11.6. The third-order valence-electron chi connectivity index (χ3n) is 15.6. The van der Waals surface area contributed by atoms with E-state index < -0.39 is 8.07 Å². The van der Waals surface area contributed by atoms with Crippen LogP contribution in [0.4, 0.5) is 17.1 Å². The molecule has 0 radical (unpaired) electrons. The van der Waals surface area contributed by atoms with Crippen molar-refractivity contribution >= 4 is 35.5 Å². The number of rotatable bonds is 6. The summed E-state index contributed by atoms with van der Waals surface area (Å²) in [6.07, 6.45) is 4.81. The number of hydrogen-bond donors (Lipinski definition) is 0. The Labute approximate surface area is 372 Å². The van der Waals surface area contributed by atoms with Crippen LogP contribution in [0, 0.1) is 0 Å². The first-order valence-electron chi connectivity index (χ1n) is 23.1. The minimum absolute atomic E-state index is 0.115. The molecule has 0 aromatic heterocycles. The number of hydrogen-bond acceptors (Lipinski definition) is 1. The molecule has 7 aromatic rings. The quantitative estimate of drug-likeness (QED) is 0.151. The molecule has 2 aliphatic carbocycles. The van der Waals surface area contributed by atoms with Gasteiger partial charge in [0, 0.05) is 16.9 Å². The average molecular weight is 826 g/mol. The van der Waals surface area contributed by atoms with Gasteiger partial charge in [-0.15, -0.1) is 0 Å². The molecule has 0 saturated heterocycles. The maximum Gasteiger partial charge on any atom is 0.113 e. The SMILES string of the molecule is CC1(C)CCC(C)(C)c2cc(-c3ccccc3N(c3ccc(-c4cccc5c4-c4ccccc4[Si]5(C)C)cc3)c3ccc(-c4cccc5c4C(C)(C)CCC5(C)C)cc3)ccc21. The first-order valence-corrected chi connectivity index (χ1v) is 26.1. The minimum Gasteiger partial charge on any atom is -0.310 e. The summed E-state index contributed by atoms with van der Waals surface area (Å²) in [5.41, 5.74) is 20.6. The first kappa shape index (κ1) is 40.6. The van der Waals surface area contributed by atoms with Crippen LogP contribution in [-0.4, -0.2) is 8.07 Å². The second-order valence-corrected chi connectivity index (χ2v) is 26.2. The predicted molar refractivity (Wildman–Crippen MR) is 270 cm³/mol. The zero-order valence-electron chi connectivity index (χ0n) is 38.7. The van der Waals surface area contributed by atoms with Crippen molar-refractivity contribution in [2.24, 2.45) is 0 Å². The van der Waals surface area contributed by atoms with Crippen LogP contribution in [0.5, 0.6) is 0 Å². The highest BCUT2D eigenvalue weighted by atomic mass is 28.3. The van der Waals surface area contributed by atoms with Gasteiger partial charge in [-0.25, -0.2) is 0 Å². The Kier molecular flexibility index (Phi) is 9.36. The Bertz CT molecular complexity index is 2870. The van der Waals surface area contributed by atoms with Crippen molar-refractivity contribution in [1.82, 2.24) is 0 Å². The molecule has 3 aliphatic rings. The molecule has 0 saturated carbocycles.